The summed E-state index contributed by atoms with van der Waals surface area (Å²) in [5.74, 6) is -0.355. The highest BCUT2D eigenvalue weighted by Gasteiger charge is 2.03. The predicted molar refractivity (Wildman–Crippen MR) is 59.6 cm³/mol. The van der Waals surface area contributed by atoms with Crippen LogP contribution in [0.15, 0.2) is 0 Å². The number of carbonyl (C=O) groups excluding carboxylic acids is 2. The highest BCUT2D eigenvalue weighted by atomic mass is 16.5. The van der Waals surface area contributed by atoms with Gasteiger partial charge in [-0.25, -0.2) is 0 Å². The van der Waals surface area contributed by atoms with E-state index in [1.165, 1.54) is 32.6 Å². The van der Waals surface area contributed by atoms with Gasteiger partial charge in [-0.2, -0.15) is 0 Å². The molecule has 0 aliphatic rings. The van der Waals surface area contributed by atoms with Crippen molar-refractivity contribution in [2.75, 3.05) is 6.61 Å². The maximum atomic E-state index is 11.2. The third kappa shape index (κ3) is 11.1. The minimum atomic E-state index is -0.383. The van der Waals surface area contributed by atoms with Gasteiger partial charge in [-0.05, 0) is 6.42 Å². The van der Waals surface area contributed by atoms with E-state index in [1.54, 1.807) is 0 Å². The highest BCUT2D eigenvalue weighted by Crippen LogP contribution is 2.07. The Morgan fingerprint density at radius 2 is 1.60 bits per heavy atom. The molecule has 0 N–H and O–H groups in total. The van der Waals surface area contributed by atoms with Crippen LogP contribution in [0, 0.1) is 0 Å². The van der Waals surface area contributed by atoms with Crippen molar-refractivity contribution in [1.29, 1.82) is 0 Å². The van der Waals surface area contributed by atoms with Crippen LogP contribution in [0.1, 0.15) is 58.8 Å². The molecule has 0 saturated heterocycles. The van der Waals surface area contributed by atoms with Gasteiger partial charge in [0, 0.05) is 13.3 Å². The van der Waals surface area contributed by atoms with Gasteiger partial charge in [-0.15, -0.1) is 0 Å². The molecule has 15 heavy (non-hydrogen) atoms. The fourth-order valence-corrected chi connectivity index (χ4v) is 1.36. The number of carbonyl (C=O) groups is 2. The number of ketones is 1. The fourth-order valence-electron chi connectivity index (χ4n) is 1.36. The minimum absolute atomic E-state index is 0.0284. The van der Waals surface area contributed by atoms with Gasteiger partial charge in [0.15, 0.2) is 5.78 Å². The quantitative estimate of drug-likeness (QED) is 0.438. The summed E-state index contributed by atoms with van der Waals surface area (Å²) in [6.07, 6.45) is 7.55. The number of ether oxygens (including phenoxy) is 1. The predicted octanol–water partition coefficient (Wildman–Crippen LogP) is 2.87. The van der Waals surface area contributed by atoms with Crippen molar-refractivity contribution >= 4 is 11.8 Å². The number of esters is 1. The molecule has 0 amide bonds. The Kier molecular flexibility index (Phi) is 9.13. The van der Waals surface area contributed by atoms with Crippen LogP contribution < -0.4 is 0 Å². The summed E-state index contributed by atoms with van der Waals surface area (Å²) in [6.45, 7) is 3.45. The van der Waals surface area contributed by atoms with Crippen LogP contribution in [-0.2, 0) is 14.3 Å². The molecule has 0 aromatic heterocycles. The Balaban J connectivity index is 3.20. The Morgan fingerprint density at radius 1 is 1.00 bits per heavy atom. The molecule has 0 saturated carbocycles. The standard InChI is InChI=1S/C12H22O3/c1-3-4-5-6-7-8-9-12(14)10-15-11(2)13/h3-10H2,1-2H3. The van der Waals surface area contributed by atoms with Crippen molar-refractivity contribution in [2.45, 2.75) is 58.8 Å². The molecular formula is C12H22O3. The first-order valence-electron chi connectivity index (χ1n) is 5.82. The third-order valence-electron chi connectivity index (χ3n) is 2.25. The summed E-state index contributed by atoms with van der Waals surface area (Å²) >= 11 is 0. The number of hydrogen-bond donors (Lipinski definition) is 0. The number of unbranched alkanes of at least 4 members (excludes halogenated alkanes) is 5. The van der Waals surface area contributed by atoms with Gasteiger partial charge in [0.25, 0.3) is 0 Å². The van der Waals surface area contributed by atoms with E-state index in [0.29, 0.717) is 6.42 Å². The van der Waals surface area contributed by atoms with Crippen molar-refractivity contribution < 1.29 is 14.3 Å². The first-order chi connectivity index (χ1) is 7.16. The van der Waals surface area contributed by atoms with Gasteiger partial charge >= 0.3 is 5.97 Å². The largest absolute Gasteiger partial charge is 0.458 e. The van der Waals surface area contributed by atoms with Crippen LogP contribution >= 0.6 is 0 Å². The summed E-state index contributed by atoms with van der Waals surface area (Å²) < 4.78 is 4.61. The molecule has 3 nitrogen and oxygen atoms in total. The molecular weight excluding hydrogens is 192 g/mol. The van der Waals surface area contributed by atoms with Gasteiger partial charge < -0.3 is 4.74 Å². The number of hydrogen-bond acceptors (Lipinski definition) is 3. The highest BCUT2D eigenvalue weighted by molar-refractivity contribution is 5.81. The summed E-state index contributed by atoms with van der Waals surface area (Å²) in [5, 5.41) is 0. The molecule has 0 aromatic carbocycles. The average molecular weight is 214 g/mol. The van der Waals surface area contributed by atoms with Gasteiger partial charge in [-0.3, -0.25) is 9.59 Å². The molecule has 0 radical (unpaired) electrons. The molecule has 0 atom stereocenters. The fraction of sp³-hybridized carbons (Fsp3) is 0.833. The van der Waals surface area contributed by atoms with Crippen LogP contribution in [0.25, 0.3) is 0 Å². The molecule has 0 heterocycles. The summed E-state index contributed by atoms with van der Waals surface area (Å²) in [5.41, 5.74) is 0. The monoisotopic (exact) mass is 214 g/mol. The zero-order valence-corrected chi connectivity index (χ0v) is 9.88. The lowest BCUT2D eigenvalue weighted by Crippen LogP contribution is -2.11. The average Bonchev–Trinajstić information content (AvgIpc) is 2.20. The van der Waals surface area contributed by atoms with E-state index in [0.717, 1.165) is 12.8 Å². The summed E-state index contributed by atoms with van der Waals surface area (Å²) in [4.78, 5) is 21.6. The Bertz CT molecular complexity index is 187. The molecule has 3 heteroatoms. The smallest absolute Gasteiger partial charge is 0.303 e. The molecule has 0 rings (SSSR count). The topological polar surface area (TPSA) is 43.4 Å². The van der Waals surface area contributed by atoms with Gasteiger partial charge in [0.1, 0.15) is 6.61 Å². The van der Waals surface area contributed by atoms with Crippen LogP contribution in [0.3, 0.4) is 0 Å². The van der Waals surface area contributed by atoms with E-state index in [4.69, 9.17) is 0 Å². The van der Waals surface area contributed by atoms with E-state index in [9.17, 15) is 9.59 Å². The number of Topliss-reactive ketones (excluding diaryl/α,β-unsaturated/α-hetero) is 1. The van der Waals surface area contributed by atoms with Crippen LogP contribution in [0.5, 0.6) is 0 Å². The van der Waals surface area contributed by atoms with Crippen LogP contribution in [-0.4, -0.2) is 18.4 Å². The Hall–Kier alpha value is -0.860. The van der Waals surface area contributed by atoms with E-state index in [-0.39, 0.29) is 18.4 Å². The zero-order chi connectivity index (χ0) is 11.5. The summed E-state index contributed by atoms with van der Waals surface area (Å²) in [7, 11) is 0. The lowest BCUT2D eigenvalue weighted by Gasteiger charge is -2.01. The molecule has 0 aliphatic heterocycles. The Labute approximate surface area is 92.2 Å². The normalized spacial score (nSPS) is 10.0. The minimum Gasteiger partial charge on any atom is -0.458 e. The lowest BCUT2D eigenvalue weighted by molar-refractivity contribution is -0.145. The molecule has 0 aromatic rings. The second-order valence-corrected chi connectivity index (χ2v) is 3.84. The molecule has 0 aliphatic carbocycles. The molecule has 0 bridgehead atoms. The van der Waals surface area contributed by atoms with Crippen molar-refractivity contribution in [1.82, 2.24) is 0 Å². The third-order valence-corrected chi connectivity index (χ3v) is 2.25. The van der Waals surface area contributed by atoms with Crippen molar-refractivity contribution in [2.24, 2.45) is 0 Å². The van der Waals surface area contributed by atoms with E-state index in [1.807, 2.05) is 0 Å². The lowest BCUT2D eigenvalue weighted by atomic mass is 10.1. The van der Waals surface area contributed by atoms with Gasteiger partial charge in [-0.1, -0.05) is 39.0 Å². The molecule has 88 valence electrons. The van der Waals surface area contributed by atoms with Crippen molar-refractivity contribution in [3.05, 3.63) is 0 Å². The molecule has 0 spiro atoms. The second kappa shape index (κ2) is 9.69. The van der Waals surface area contributed by atoms with Gasteiger partial charge in [0.05, 0.1) is 0 Å². The SMILES string of the molecule is CCCCCCCCC(=O)COC(C)=O. The first kappa shape index (κ1) is 14.1. The zero-order valence-electron chi connectivity index (χ0n) is 9.88. The second-order valence-electron chi connectivity index (χ2n) is 3.84. The maximum absolute atomic E-state index is 11.2. The first-order valence-corrected chi connectivity index (χ1v) is 5.82. The maximum Gasteiger partial charge on any atom is 0.303 e. The van der Waals surface area contributed by atoms with E-state index < -0.39 is 0 Å². The Morgan fingerprint density at radius 3 is 2.20 bits per heavy atom. The molecule has 0 unspecified atom stereocenters. The molecule has 0 fully saturated rings. The number of rotatable bonds is 9. The van der Waals surface area contributed by atoms with Crippen molar-refractivity contribution in [3.63, 3.8) is 0 Å². The summed E-state index contributed by atoms with van der Waals surface area (Å²) in [6, 6.07) is 0. The van der Waals surface area contributed by atoms with Crippen LogP contribution in [0.4, 0.5) is 0 Å². The van der Waals surface area contributed by atoms with Gasteiger partial charge in [0.2, 0.25) is 0 Å². The van der Waals surface area contributed by atoms with E-state index >= 15 is 0 Å². The van der Waals surface area contributed by atoms with Crippen molar-refractivity contribution in [3.8, 4) is 0 Å². The van der Waals surface area contributed by atoms with Crippen LogP contribution in [0.2, 0.25) is 0 Å². The van der Waals surface area contributed by atoms with E-state index in [2.05, 4.69) is 11.7 Å².